The Morgan fingerprint density at radius 1 is 1.23 bits per heavy atom. The summed E-state index contributed by atoms with van der Waals surface area (Å²) >= 11 is 0. The van der Waals surface area contributed by atoms with Crippen LogP contribution in [-0.4, -0.2) is 63.6 Å². The van der Waals surface area contributed by atoms with E-state index in [0.717, 1.165) is 65.6 Å². The van der Waals surface area contributed by atoms with Crippen LogP contribution < -0.4 is 21.1 Å². The Labute approximate surface area is 205 Å². The van der Waals surface area contributed by atoms with Crippen LogP contribution in [0.1, 0.15) is 36.6 Å². The van der Waals surface area contributed by atoms with Gasteiger partial charge in [0, 0.05) is 36.1 Å². The molecule has 0 amide bonds. The fourth-order valence-corrected chi connectivity index (χ4v) is 4.71. The van der Waals surface area contributed by atoms with Crippen molar-refractivity contribution in [2.24, 2.45) is 17.8 Å². The fraction of sp³-hybridized carbons (Fsp3) is 0.440. The molecule has 1 unspecified atom stereocenters. The van der Waals surface area contributed by atoms with E-state index in [4.69, 9.17) is 20.4 Å². The summed E-state index contributed by atoms with van der Waals surface area (Å²) in [5.41, 5.74) is 11.3. The van der Waals surface area contributed by atoms with E-state index in [0.29, 0.717) is 18.4 Å². The third-order valence-electron chi connectivity index (χ3n) is 6.62. The van der Waals surface area contributed by atoms with E-state index in [1.165, 1.54) is 0 Å². The van der Waals surface area contributed by atoms with E-state index in [9.17, 15) is 0 Å². The predicted molar refractivity (Wildman–Crippen MR) is 138 cm³/mol. The van der Waals surface area contributed by atoms with Crippen LogP contribution in [0, 0.1) is 6.92 Å². The average molecular weight is 476 g/mol. The Morgan fingerprint density at radius 3 is 2.74 bits per heavy atom. The second kappa shape index (κ2) is 9.27. The van der Waals surface area contributed by atoms with Crippen molar-refractivity contribution in [1.29, 1.82) is 0 Å². The van der Waals surface area contributed by atoms with Gasteiger partial charge >= 0.3 is 0 Å². The van der Waals surface area contributed by atoms with Crippen LogP contribution in [0.2, 0.25) is 0 Å². The zero-order valence-corrected chi connectivity index (χ0v) is 20.7. The molecule has 0 bridgehead atoms. The van der Waals surface area contributed by atoms with Gasteiger partial charge in [0.2, 0.25) is 5.79 Å². The Morgan fingerprint density at radius 2 is 2.03 bits per heavy atom. The van der Waals surface area contributed by atoms with E-state index >= 15 is 0 Å². The molecule has 1 saturated heterocycles. The molecule has 2 aliphatic rings. The van der Waals surface area contributed by atoms with E-state index in [2.05, 4.69) is 32.8 Å². The molecule has 3 aromatic rings. The zero-order valence-electron chi connectivity index (χ0n) is 20.7. The number of aliphatic imine (C=N–C) groups is 1. The van der Waals surface area contributed by atoms with Gasteiger partial charge in [-0.05, 0) is 65.0 Å². The lowest BCUT2D eigenvalue weighted by Gasteiger charge is -2.35. The fourth-order valence-electron chi connectivity index (χ4n) is 4.71. The Balaban J connectivity index is 1.49. The third-order valence-corrected chi connectivity index (χ3v) is 6.62. The highest BCUT2D eigenvalue weighted by molar-refractivity contribution is 5.94. The topological polar surface area (TPSA) is 119 Å². The lowest BCUT2D eigenvalue weighted by atomic mass is 10.0. The summed E-state index contributed by atoms with van der Waals surface area (Å²) in [7, 11) is 4.07. The van der Waals surface area contributed by atoms with Crippen LogP contribution in [0.5, 0.6) is 5.75 Å². The van der Waals surface area contributed by atoms with Gasteiger partial charge < -0.3 is 24.8 Å². The first-order valence-corrected chi connectivity index (χ1v) is 12.1. The minimum Gasteiger partial charge on any atom is -0.493 e. The summed E-state index contributed by atoms with van der Waals surface area (Å²) < 4.78 is 7.88. The number of hydrogen-bond donors (Lipinski definition) is 3. The summed E-state index contributed by atoms with van der Waals surface area (Å²) in [5.74, 6) is 0.992. The van der Waals surface area contributed by atoms with Crippen molar-refractivity contribution < 1.29 is 4.74 Å². The normalized spacial score (nSPS) is 20.4. The number of nitrogens with one attached hydrogen (secondary N) is 2. The quantitative estimate of drug-likeness (QED) is 0.498. The molecule has 0 aliphatic carbocycles. The molecular weight excluding hydrogens is 442 g/mol. The highest BCUT2D eigenvalue weighted by Gasteiger charge is 2.35. The standard InChI is InChI=1S/C25H33N9O/c1-5-35-21-13-17(24-32-28-15-34(24)4)6-7-20(21)25(26)27-14-18-12-16(2)29-23(22(18)31-25)30-19-8-10-33(3)11-9-19/h6-7,12-15,19,31H,5,8-11,26H2,1-4H3,(H,29,30). The number of pyridine rings is 1. The van der Waals surface area contributed by atoms with Gasteiger partial charge in [0.1, 0.15) is 12.1 Å². The highest BCUT2D eigenvalue weighted by Crippen LogP contribution is 2.39. The highest BCUT2D eigenvalue weighted by atomic mass is 16.5. The van der Waals surface area contributed by atoms with Crippen LogP contribution in [0.3, 0.4) is 0 Å². The second-order valence-corrected chi connectivity index (χ2v) is 9.36. The number of ether oxygens (including phenoxy) is 1. The van der Waals surface area contributed by atoms with Crippen molar-refractivity contribution in [3.05, 3.63) is 47.4 Å². The van der Waals surface area contributed by atoms with E-state index in [1.54, 1.807) is 6.33 Å². The van der Waals surface area contributed by atoms with Gasteiger partial charge in [0.15, 0.2) is 11.6 Å². The number of likely N-dealkylation sites (tertiary alicyclic amines) is 1. The van der Waals surface area contributed by atoms with Crippen LogP contribution in [0.15, 0.2) is 35.6 Å². The van der Waals surface area contributed by atoms with Crippen molar-refractivity contribution in [3.8, 4) is 17.1 Å². The largest absolute Gasteiger partial charge is 0.493 e. The van der Waals surface area contributed by atoms with Crippen molar-refractivity contribution in [3.63, 3.8) is 0 Å². The molecule has 1 atom stereocenters. The molecular formula is C25H33N9O. The molecule has 0 saturated carbocycles. The summed E-state index contributed by atoms with van der Waals surface area (Å²) in [6.45, 7) is 6.57. The lowest BCUT2D eigenvalue weighted by molar-refractivity contribution is 0.263. The maximum Gasteiger partial charge on any atom is 0.212 e. The lowest BCUT2D eigenvalue weighted by Crippen LogP contribution is -2.45. The van der Waals surface area contributed by atoms with Crippen LogP contribution in [0.4, 0.5) is 11.5 Å². The number of aromatic nitrogens is 4. The number of hydrogen-bond acceptors (Lipinski definition) is 9. The molecule has 0 radical (unpaired) electrons. The molecule has 4 heterocycles. The predicted octanol–water partition coefficient (Wildman–Crippen LogP) is 2.70. The van der Waals surface area contributed by atoms with Crippen LogP contribution in [0.25, 0.3) is 11.4 Å². The van der Waals surface area contributed by atoms with Gasteiger partial charge in [-0.15, -0.1) is 10.2 Å². The maximum atomic E-state index is 6.90. The second-order valence-electron chi connectivity index (χ2n) is 9.36. The van der Waals surface area contributed by atoms with Crippen molar-refractivity contribution in [2.75, 3.05) is 37.4 Å². The van der Waals surface area contributed by atoms with Gasteiger partial charge in [0.05, 0.1) is 17.9 Å². The van der Waals surface area contributed by atoms with Crippen LogP contribution in [-0.2, 0) is 12.8 Å². The van der Waals surface area contributed by atoms with Gasteiger partial charge in [0.25, 0.3) is 0 Å². The summed E-state index contributed by atoms with van der Waals surface area (Å²) in [6.07, 6.45) is 5.64. The Hall–Kier alpha value is -3.50. The average Bonchev–Trinajstić information content (AvgIpc) is 3.27. The summed E-state index contributed by atoms with van der Waals surface area (Å²) in [5, 5.41) is 15.4. The maximum absolute atomic E-state index is 6.90. The molecule has 1 aromatic carbocycles. The van der Waals surface area contributed by atoms with Gasteiger partial charge in [-0.1, -0.05) is 6.07 Å². The number of nitrogens with two attached hydrogens (primary N) is 1. The van der Waals surface area contributed by atoms with Crippen molar-refractivity contribution in [1.82, 2.24) is 24.6 Å². The number of fused-ring (bicyclic) bond motifs is 1. The zero-order chi connectivity index (χ0) is 24.6. The minimum absolute atomic E-state index is 0.363. The molecule has 184 valence electrons. The first-order chi connectivity index (χ1) is 16.9. The SMILES string of the molecule is CCOc1cc(-c2nncn2C)ccc1C1(N)N=Cc2cc(C)nc(NC3CCN(C)CC3)c2N1. The first kappa shape index (κ1) is 23.3. The smallest absolute Gasteiger partial charge is 0.212 e. The van der Waals surface area contributed by atoms with Crippen molar-refractivity contribution in [2.45, 2.75) is 38.5 Å². The molecule has 10 heteroatoms. The monoisotopic (exact) mass is 475 g/mol. The third kappa shape index (κ3) is 4.59. The molecule has 4 N–H and O–H groups in total. The Kier molecular flexibility index (Phi) is 6.16. The molecule has 10 nitrogen and oxygen atoms in total. The summed E-state index contributed by atoms with van der Waals surface area (Å²) in [4.78, 5) is 11.9. The first-order valence-electron chi connectivity index (χ1n) is 12.1. The number of piperidine rings is 1. The molecule has 2 aliphatic heterocycles. The Bertz CT molecular complexity index is 1250. The summed E-state index contributed by atoms with van der Waals surface area (Å²) in [6, 6.07) is 8.23. The van der Waals surface area contributed by atoms with Crippen LogP contribution >= 0.6 is 0 Å². The number of nitrogens with zero attached hydrogens (tertiary/aromatic N) is 6. The molecule has 1 fully saturated rings. The van der Waals surface area contributed by atoms with Gasteiger partial charge in [-0.3, -0.25) is 5.73 Å². The molecule has 5 rings (SSSR count). The van der Waals surface area contributed by atoms with Crippen molar-refractivity contribution >= 4 is 17.7 Å². The number of anilines is 2. The van der Waals surface area contributed by atoms with E-state index < -0.39 is 5.79 Å². The van der Waals surface area contributed by atoms with Gasteiger partial charge in [-0.25, -0.2) is 9.98 Å². The van der Waals surface area contributed by atoms with E-state index in [1.807, 2.05) is 55.9 Å². The molecule has 35 heavy (non-hydrogen) atoms. The number of rotatable bonds is 6. The van der Waals surface area contributed by atoms with Gasteiger partial charge in [-0.2, -0.15) is 0 Å². The number of benzene rings is 1. The van der Waals surface area contributed by atoms with E-state index in [-0.39, 0.29) is 0 Å². The molecule has 2 aromatic heterocycles. The number of aryl methyl sites for hydroxylation is 2. The minimum atomic E-state index is -1.21. The molecule has 0 spiro atoms.